The summed E-state index contributed by atoms with van der Waals surface area (Å²) in [6, 6.07) is 5.35. The molecule has 0 aromatic carbocycles. The fourth-order valence-corrected chi connectivity index (χ4v) is 1.49. The molecular formula is C11H14ClN3O. The summed E-state index contributed by atoms with van der Waals surface area (Å²) in [6.07, 6.45) is 2.18. The molecule has 1 amide bonds. The minimum absolute atomic E-state index is 0.00396. The van der Waals surface area contributed by atoms with E-state index in [0.717, 1.165) is 12.8 Å². The van der Waals surface area contributed by atoms with Crippen molar-refractivity contribution in [3.8, 4) is 0 Å². The van der Waals surface area contributed by atoms with E-state index >= 15 is 0 Å². The molecule has 1 saturated carbocycles. The number of amides is 1. The zero-order valence-electron chi connectivity index (χ0n) is 9.03. The van der Waals surface area contributed by atoms with Gasteiger partial charge in [-0.25, -0.2) is 4.98 Å². The molecule has 1 aromatic heterocycles. The number of hydrogen-bond donors (Lipinski definition) is 2. The number of hydrogen-bond acceptors (Lipinski definition) is 3. The number of anilines is 1. The fraction of sp³-hybridized carbons (Fsp3) is 0.455. The molecule has 1 aromatic rings. The van der Waals surface area contributed by atoms with Crippen molar-refractivity contribution in [1.82, 2.24) is 10.3 Å². The van der Waals surface area contributed by atoms with Crippen LogP contribution in [0.1, 0.15) is 19.8 Å². The fourth-order valence-electron chi connectivity index (χ4n) is 1.33. The van der Waals surface area contributed by atoms with Crippen LogP contribution in [0.25, 0.3) is 0 Å². The predicted molar refractivity (Wildman–Crippen MR) is 63.5 cm³/mol. The molecule has 2 N–H and O–H groups in total. The van der Waals surface area contributed by atoms with Gasteiger partial charge >= 0.3 is 0 Å². The van der Waals surface area contributed by atoms with Gasteiger partial charge in [-0.1, -0.05) is 17.7 Å². The number of nitrogens with zero attached hydrogens (tertiary/aromatic N) is 1. The lowest BCUT2D eigenvalue weighted by Crippen LogP contribution is -2.38. The number of aromatic nitrogens is 1. The van der Waals surface area contributed by atoms with Gasteiger partial charge < -0.3 is 10.6 Å². The Hall–Kier alpha value is -1.29. The van der Waals surface area contributed by atoms with Crippen LogP contribution in [0.5, 0.6) is 0 Å². The third-order valence-corrected chi connectivity index (χ3v) is 2.61. The Kier molecular flexibility index (Phi) is 3.29. The SMILES string of the molecule is CC(Nc1cccc(Cl)n1)C(=O)NC1CC1. The van der Waals surface area contributed by atoms with E-state index in [-0.39, 0.29) is 11.9 Å². The second-order valence-electron chi connectivity index (χ2n) is 3.99. The summed E-state index contributed by atoms with van der Waals surface area (Å²) in [5, 5.41) is 6.35. The van der Waals surface area contributed by atoms with Crippen molar-refractivity contribution in [2.75, 3.05) is 5.32 Å². The average molecular weight is 240 g/mol. The van der Waals surface area contributed by atoms with E-state index in [1.165, 1.54) is 0 Å². The topological polar surface area (TPSA) is 54.0 Å². The standard InChI is InChI=1S/C11H14ClN3O/c1-7(11(16)14-8-5-6-8)13-10-4-2-3-9(12)15-10/h2-4,7-8H,5-6H2,1H3,(H,13,15)(H,14,16). The first kappa shape index (κ1) is 11.2. The molecular weight excluding hydrogens is 226 g/mol. The van der Waals surface area contributed by atoms with Crippen LogP contribution in [0, 0.1) is 0 Å². The van der Waals surface area contributed by atoms with E-state index in [4.69, 9.17) is 11.6 Å². The Labute approximate surface area is 99.4 Å². The lowest BCUT2D eigenvalue weighted by molar-refractivity contribution is -0.121. The highest BCUT2D eigenvalue weighted by Gasteiger charge is 2.25. The molecule has 0 bridgehead atoms. The van der Waals surface area contributed by atoms with Gasteiger partial charge in [-0.15, -0.1) is 0 Å². The smallest absolute Gasteiger partial charge is 0.242 e. The van der Waals surface area contributed by atoms with Crippen LogP contribution in [0.3, 0.4) is 0 Å². The van der Waals surface area contributed by atoms with Crippen molar-refractivity contribution >= 4 is 23.3 Å². The van der Waals surface area contributed by atoms with Crippen LogP contribution in [-0.4, -0.2) is 23.0 Å². The highest BCUT2D eigenvalue weighted by molar-refractivity contribution is 6.29. The number of carbonyl (C=O) groups excluding carboxylic acids is 1. The van der Waals surface area contributed by atoms with Crippen molar-refractivity contribution < 1.29 is 4.79 Å². The first-order chi connectivity index (χ1) is 7.65. The van der Waals surface area contributed by atoms with Crippen LogP contribution in [0.2, 0.25) is 5.15 Å². The Morgan fingerprint density at radius 2 is 2.31 bits per heavy atom. The van der Waals surface area contributed by atoms with Crippen LogP contribution in [-0.2, 0) is 4.79 Å². The monoisotopic (exact) mass is 239 g/mol. The quantitative estimate of drug-likeness (QED) is 0.788. The molecule has 16 heavy (non-hydrogen) atoms. The first-order valence-corrected chi connectivity index (χ1v) is 5.72. The van der Waals surface area contributed by atoms with E-state index in [0.29, 0.717) is 17.0 Å². The normalized spacial score (nSPS) is 16.6. The van der Waals surface area contributed by atoms with Crippen molar-refractivity contribution in [2.45, 2.75) is 31.8 Å². The minimum Gasteiger partial charge on any atom is -0.359 e. The summed E-state index contributed by atoms with van der Waals surface area (Å²) in [6.45, 7) is 1.81. The summed E-state index contributed by atoms with van der Waals surface area (Å²) in [5.41, 5.74) is 0. The zero-order chi connectivity index (χ0) is 11.5. The van der Waals surface area contributed by atoms with Gasteiger partial charge in [-0.2, -0.15) is 0 Å². The van der Waals surface area contributed by atoms with Gasteiger partial charge in [0.15, 0.2) is 0 Å². The van der Waals surface area contributed by atoms with E-state index < -0.39 is 0 Å². The highest BCUT2D eigenvalue weighted by Crippen LogP contribution is 2.19. The summed E-state index contributed by atoms with van der Waals surface area (Å²) >= 11 is 5.75. The molecule has 86 valence electrons. The molecule has 1 heterocycles. The largest absolute Gasteiger partial charge is 0.359 e. The van der Waals surface area contributed by atoms with Gasteiger partial charge in [0.2, 0.25) is 5.91 Å². The molecule has 0 saturated heterocycles. The van der Waals surface area contributed by atoms with E-state index in [2.05, 4.69) is 15.6 Å². The van der Waals surface area contributed by atoms with E-state index in [1.807, 2.05) is 0 Å². The van der Waals surface area contributed by atoms with Crippen molar-refractivity contribution in [3.63, 3.8) is 0 Å². The molecule has 0 aliphatic heterocycles. The molecule has 1 aliphatic rings. The van der Waals surface area contributed by atoms with Crippen molar-refractivity contribution in [3.05, 3.63) is 23.4 Å². The van der Waals surface area contributed by atoms with E-state index in [9.17, 15) is 4.79 Å². The Balaban J connectivity index is 1.90. The molecule has 0 spiro atoms. The Morgan fingerprint density at radius 3 is 2.94 bits per heavy atom. The number of nitrogens with one attached hydrogen (secondary N) is 2. The summed E-state index contributed by atoms with van der Waals surface area (Å²) in [5.74, 6) is 0.621. The van der Waals surface area contributed by atoms with Gasteiger partial charge in [0.25, 0.3) is 0 Å². The summed E-state index contributed by atoms with van der Waals surface area (Å²) in [4.78, 5) is 15.7. The predicted octanol–water partition coefficient (Wildman–Crippen LogP) is 1.81. The molecule has 0 radical (unpaired) electrons. The molecule has 2 rings (SSSR count). The van der Waals surface area contributed by atoms with Gasteiger partial charge in [-0.05, 0) is 31.9 Å². The van der Waals surface area contributed by atoms with Crippen molar-refractivity contribution in [2.24, 2.45) is 0 Å². The number of halogens is 1. The maximum atomic E-state index is 11.6. The average Bonchev–Trinajstić information content (AvgIpc) is 3.01. The van der Waals surface area contributed by atoms with Crippen LogP contribution in [0.4, 0.5) is 5.82 Å². The van der Waals surface area contributed by atoms with Gasteiger partial charge in [-0.3, -0.25) is 4.79 Å². The highest BCUT2D eigenvalue weighted by atomic mass is 35.5. The second kappa shape index (κ2) is 4.70. The van der Waals surface area contributed by atoms with Gasteiger partial charge in [0, 0.05) is 6.04 Å². The Morgan fingerprint density at radius 1 is 1.56 bits per heavy atom. The molecule has 1 aliphatic carbocycles. The number of pyridine rings is 1. The summed E-state index contributed by atoms with van der Waals surface area (Å²) in [7, 11) is 0. The van der Waals surface area contributed by atoms with E-state index in [1.54, 1.807) is 25.1 Å². The molecule has 5 heteroatoms. The zero-order valence-corrected chi connectivity index (χ0v) is 9.79. The second-order valence-corrected chi connectivity index (χ2v) is 4.38. The number of carbonyl (C=O) groups is 1. The number of rotatable bonds is 4. The molecule has 1 atom stereocenters. The lowest BCUT2D eigenvalue weighted by Gasteiger charge is -2.14. The summed E-state index contributed by atoms with van der Waals surface area (Å²) < 4.78 is 0. The van der Waals surface area contributed by atoms with Crippen LogP contribution < -0.4 is 10.6 Å². The third kappa shape index (κ3) is 3.10. The van der Waals surface area contributed by atoms with Crippen LogP contribution in [0.15, 0.2) is 18.2 Å². The van der Waals surface area contributed by atoms with Gasteiger partial charge in [0.05, 0.1) is 0 Å². The molecule has 4 nitrogen and oxygen atoms in total. The first-order valence-electron chi connectivity index (χ1n) is 5.34. The third-order valence-electron chi connectivity index (χ3n) is 2.40. The minimum atomic E-state index is -0.299. The van der Waals surface area contributed by atoms with Crippen LogP contribution >= 0.6 is 11.6 Å². The lowest BCUT2D eigenvalue weighted by atomic mass is 10.3. The molecule has 1 unspecified atom stereocenters. The maximum absolute atomic E-state index is 11.6. The Bertz CT molecular complexity index is 393. The molecule has 1 fully saturated rings. The van der Waals surface area contributed by atoms with Gasteiger partial charge in [0.1, 0.15) is 17.0 Å². The maximum Gasteiger partial charge on any atom is 0.242 e. The van der Waals surface area contributed by atoms with Crippen molar-refractivity contribution in [1.29, 1.82) is 0 Å².